The quantitative estimate of drug-likeness (QED) is 0.175. The van der Waals surface area contributed by atoms with Gasteiger partial charge in [0, 0.05) is 29.8 Å². The summed E-state index contributed by atoms with van der Waals surface area (Å²) in [5.74, 6) is 0.554. The standard InChI is InChI=1S/C19H15ClN4O3S/c1-2-11-23-18(15-5-3-4-6-16(15)20)21-22-19(23)28-12-17(25)13-7-9-14(10-8-13)24(26)27/h2-10H,1,11-12H2. The number of rotatable bonds is 8. The van der Waals surface area contributed by atoms with Crippen molar-refractivity contribution >= 4 is 34.8 Å². The third kappa shape index (κ3) is 4.29. The Kier molecular flexibility index (Phi) is 6.23. The lowest BCUT2D eigenvalue weighted by atomic mass is 10.1. The van der Waals surface area contributed by atoms with E-state index < -0.39 is 4.92 Å². The fourth-order valence-electron chi connectivity index (χ4n) is 2.51. The number of carbonyl (C=O) groups is 1. The Morgan fingerprint density at radius 2 is 1.93 bits per heavy atom. The summed E-state index contributed by atoms with van der Waals surface area (Å²) in [5.41, 5.74) is 1.09. The predicted molar refractivity (Wildman–Crippen MR) is 109 cm³/mol. The number of Topliss-reactive ketones (excluding diaryl/α,β-unsaturated/α-hetero) is 1. The topological polar surface area (TPSA) is 90.9 Å². The second kappa shape index (κ2) is 8.81. The molecule has 1 aromatic heterocycles. The zero-order valence-corrected chi connectivity index (χ0v) is 16.2. The van der Waals surface area contributed by atoms with Crippen LogP contribution in [0.1, 0.15) is 10.4 Å². The van der Waals surface area contributed by atoms with Crippen LogP contribution in [0.25, 0.3) is 11.4 Å². The van der Waals surface area contributed by atoms with Crippen LogP contribution in [0.4, 0.5) is 5.69 Å². The molecule has 0 bridgehead atoms. The average Bonchev–Trinajstić information content (AvgIpc) is 3.09. The number of benzene rings is 2. The van der Waals surface area contributed by atoms with Crippen LogP contribution in [-0.2, 0) is 6.54 Å². The first-order valence-electron chi connectivity index (χ1n) is 8.20. The van der Waals surface area contributed by atoms with Gasteiger partial charge in [-0.25, -0.2) is 0 Å². The first-order valence-corrected chi connectivity index (χ1v) is 9.57. The molecular formula is C19H15ClN4O3S. The molecule has 0 amide bonds. The van der Waals surface area contributed by atoms with Crippen molar-refractivity contribution < 1.29 is 9.72 Å². The van der Waals surface area contributed by atoms with E-state index in [-0.39, 0.29) is 17.2 Å². The minimum atomic E-state index is -0.503. The molecule has 0 spiro atoms. The normalized spacial score (nSPS) is 10.6. The molecule has 0 saturated heterocycles. The Balaban J connectivity index is 1.79. The molecule has 0 fully saturated rings. The van der Waals surface area contributed by atoms with Gasteiger partial charge in [0.1, 0.15) is 0 Å². The smallest absolute Gasteiger partial charge is 0.269 e. The summed E-state index contributed by atoms with van der Waals surface area (Å²) in [5, 5.41) is 20.2. The molecule has 9 heteroatoms. The van der Waals surface area contributed by atoms with Gasteiger partial charge in [0.2, 0.25) is 0 Å². The third-order valence-corrected chi connectivity index (χ3v) is 5.17. The Bertz CT molecular complexity index is 1030. The number of non-ortho nitro benzene ring substituents is 1. The van der Waals surface area contributed by atoms with E-state index in [2.05, 4.69) is 16.8 Å². The Labute approximate surface area is 170 Å². The number of allylic oxidation sites excluding steroid dienone is 1. The van der Waals surface area contributed by atoms with Gasteiger partial charge in [-0.05, 0) is 24.3 Å². The Morgan fingerprint density at radius 3 is 2.57 bits per heavy atom. The summed E-state index contributed by atoms with van der Waals surface area (Å²) in [6.45, 7) is 4.22. The van der Waals surface area contributed by atoms with Crippen molar-refractivity contribution in [2.45, 2.75) is 11.7 Å². The first kappa shape index (κ1) is 19.8. The van der Waals surface area contributed by atoms with Gasteiger partial charge >= 0.3 is 0 Å². The molecular weight excluding hydrogens is 400 g/mol. The highest BCUT2D eigenvalue weighted by Gasteiger charge is 2.17. The number of halogens is 1. The van der Waals surface area contributed by atoms with Crippen LogP contribution in [0.2, 0.25) is 5.02 Å². The lowest BCUT2D eigenvalue weighted by Gasteiger charge is -2.08. The molecule has 0 saturated carbocycles. The van der Waals surface area contributed by atoms with Crippen LogP contribution in [0.15, 0.2) is 66.3 Å². The van der Waals surface area contributed by atoms with E-state index in [1.165, 1.54) is 36.0 Å². The largest absolute Gasteiger partial charge is 0.298 e. The number of carbonyl (C=O) groups excluding carboxylic acids is 1. The Hall–Kier alpha value is -2.97. The molecule has 142 valence electrons. The maximum Gasteiger partial charge on any atom is 0.269 e. The van der Waals surface area contributed by atoms with E-state index in [9.17, 15) is 14.9 Å². The maximum absolute atomic E-state index is 12.4. The number of thioether (sulfide) groups is 1. The minimum Gasteiger partial charge on any atom is -0.298 e. The summed E-state index contributed by atoms with van der Waals surface area (Å²) in [4.78, 5) is 22.6. The van der Waals surface area contributed by atoms with Gasteiger partial charge in [0.15, 0.2) is 16.8 Å². The average molecular weight is 415 g/mol. The van der Waals surface area contributed by atoms with Crippen LogP contribution in [-0.4, -0.2) is 31.2 Å². The fraction of sp³-hybridized carbons (Fsp3) is 0.105. The molecule has 0 aliphatic heterocycles. The maximum atomic E-state index is 12.4. The van der Waals surface area contributed by atoms with Crippen LogP contribution < -0.4 is 0 Å². The van der Waals surface area contributed by atoms with E-state index in [1.807, 2.05) is 22.8 Å². The molecule has 28 heavy (non-hydrogen) atoms. The van der Waals surface area contributed by atoms with Crippen LogP contribution in [0, 0.1) is 10.1 Å². The molecule has 1 heterocycles. The number of hydrogen-bond donors (Lipinski definition) is 0. The molecule has 0 unspecified atom stereocenters. The minimum absolute atomic E-state index is 0.0562. The van der Waals surface area contributed by atoms with E-state index in [0.717, 1.165) is 5.56 Å². The SMILES string of the molecule is C=CCn1c(SCC(=O)c2ccc([N+](=O)[O-])cc2)nnc1-c1ccccc1Cl. The second-order valence-corrected chi connectivity index (χ2v) is 7.05. The summed E-state index contributed by atoms with van der Waals surface area (Å²) in [7, 11) is 0. The van der Waals surface area contributed by atoms with Crippen LogP contribution in [0.5, 0.6) is 0 Å². The molecule has 3 aromatic rings. The summed E-state index contributed by atoms with van der Waals surface area (Å²) in [6, 6.07) is 12.8. The number of nitro benzene ring substituents is 1. The number of nitro groups is 1. The zero-order valence-electron chi connectivity index (χ0n) is 14.6. The molecule has 7 nitrogen and oxygen atoms in total. The van der Waals surface area contributed by atoms with Gasteiger partial charge in [0.05, 0.1) is 15.7 Å². The lowest BCUT2D eigenvalue weighted by molar-refractivity contribution is -0.384. The summed E-state index contributed by atoms with van der Waals surface area (Å²) in [6.07, 6.45) is 1.71. The van der Waals surface area contributed by atoms with E-state index >= 15 is 0 Å². The van der Waals surface area contributed by atoms with Crippen molar-refractivity contribution in [3.63, 3.8) is 0 Å². The summed E-state index contributed by atoms with van der Waals surface area (Å²) >= 11 is 7.50. The highest BCUT2D eigenvalue weighted by molar-refractivity contribution is 7.99. The monoisotopic (exact) mass is 414 g/mol. The molecule has 0 aliphatic rings. The number of hydrogen-bond acceptors (Lipinski definition) is 6. The third-order valence-electron chi connectivity index (χ3n) is 3.88. The molecule has 0 N–H and O–H groups in total. The Morgan fingerprint density at radius 1 is 1.21 bits per heavy atom. The van der Waals surface area contributed by atoms with Gasteiger partial charge < -0.3 is 0 Å². The van der Waals surface area contributed by atoms with Gasteiger partial charge in [-0.1, -0.05) is 41.6 Å². The molecule has 0 radical (unpaired) electrons. The zero-order chi connectivity index (χ0) is 20.1. The predicted octanol–water partition coefficient (Wildman–Crippen LogP) is 4.67. The first-order chi connectivity index (χ1) is 13.5. The molecule has 2 aromatic carbocycles. The van der Waals surface area contributed by atoms with Crippen molar-refractivity contribution in [2.75, 3.05) is 5.75 Å². The van der Waals surface area contributed by atoms with E-state index in [4.69, 9.17) is 11.6 Å². The number of aromatic nitrogens is 3. The van der Waals surface area contributed by atoms with Crippen molar-refractivity contribution in [1.82, 2.24) is 14.8 Å². The molecule has 3 rings (SSSR count). The van der Waals surface area contributed by atoms with Crippen molar-refractivity contribution in [3.05, 3.63) is 81.9 Å². The number of ketones is 1. The fourth-order valence-corrected chi connectivity index (χ4v) is 3.58. The van der Waals surface area contributed by atoms with Gasteiger partial charge in [0.25, 0.3) is 5.69 Å². The highest BCUT2D eigenvalue weighted by atomic mass is 35.5. The van der Waals surface area contributed by atoms with E-state index in [1.54, 1.807) is 12.1 Å². The van der Waals surface area contributed by atoms with Gasteiger partial charge in [-0.15, -0.1) is 16.8 Å². The van der Waals surface area contributed by atoms with Crippen LogP contribution in [0.3, 0.4) is 0 Å². The van der Waals surface area contributed by atoms with Crippen molar-refractivity contribution in [1.29, 1.82) is 0 Å². The van der Waals surface area contributed by atoms with Crippen LogP contribution >= 0.6 is 23.4 Å². The highest BCUT2D eigenvalue weighted by Crippen LogP contribution is 2.29. The second-order valence-electron chi connectivity index (χ2n) is 5.70. The van der Waals surface area contributed by atoms with Crippen molar-refractivity contribution in [2.24, 2.45) is 0 Å². The van der Waals surface area contributed by atoms with Crippen molar-refractivity contribution in [3.8, 4) is 11.4 Å². The van der Waals surface area contributed by atoms with Gasteiger partial charge in [-0.2, -0.15) is 0 Å². The van der Waals surface area contributed by atoms with E-state index in [0.29, 0.717) is 28.1 Å². The lowest BCUT2D eigenvalue weighted by Crippen LogP contribution is -2.05. The molecule has 0 aliphatic carbocycles. The summed E-state index contributed by atoms with van der Waals surface area (Å²) < 4.78 is 1.84. The number of nitrogens with zero attached hydrogens (tertiary/aromatic N) is 4. The molecule has 0 atom stereocenters. The van der Waals surface area contributed by atoms with Gasteiger partial charge in [-0.3, -0.25) is 19.5 Å².